The fraction of sp³-hybridized carbons (Fsp3) is 0.692. The van der Waals surface area contributed by atoms with E-state index in [1.807, 2.05) is 13.8 Å². The van der Waals surface area contributed by atoms with E-state index >= 15 is 0 Å². The predicted octanol–water partition coefficient (Wildman–Crippen LogP) is 3.15. The van der Waals surface area contributed by atoms with Crippen LogP contribution in [0.1, 0.15) is 33.6 Å². The molecule has 0 aliphatic rings. The number of halogens is 1. The number of rotatable bonds is 8. The summed E-state index contributed by atoms with van der Waals surface area (Å²) in [7, 11) is 1.68. The van der Waals surface area contributed by atoms with Gasteiger partial charge in [0.15, 0.2) is 0 Å². The highest BCUT2D eigenvalue weighted by Gasteiger charge is 2.17. The van der Waals surface area contributed by atoms with Gasteiger partial charge >= 0.3 is 0 Å². The monoisotopic (exact) mass is 287 g/mol. The third-order valence-corrected chi connectivity index (χ3v) is 3.00. The molecule has 1 N–H and O–H groups in total. The van der Waals surface area contributed by atoms with Gasteiger partial charge in [0.1, 0.15) is 5.02 Å². The second kappa shape index (κ2) is 7.50. The maximum atomic E-state index is 6.01. The first-order chi connectivity index (χ1) is 8.98. The van der Waals surface area contributed by atoms with E-state index in [1.165, 1.54) is 0 Å². The van der Waals surface area contributed by atoms with Crippen molar-refractivity contribution in [3.63, 3.8) is 0 Å². The zero-order valence-corrected chi connectivity index (χ0v) is 12.8. The Kier molecular flexibility index (Phi) is 6.31. The molecule has 1 rings (SSSR count). The van der Waals surface area contributed by atoms with E-state index in [0.717, 1.165) is 19.4 Å². The Labute approximate surface area is 119 Å². The summed E-state index contributed by atoms with van der Waals surface area (Å²) in [6, 6.07) is 0. The molecule has 0 aliphatic heterocycles. The van der Waals surface area contributed by atoms with Gasteiger partial charge in [0.05, 0.1) is 18.4 Å². The number of methoxy groups -OCH3 is 1. The molecule has 1 heterocycles. The Bertz CT molecular complexity index is 399. The summed E-state index contributed by atoms with van der Waals surface area (Å²) >= 11 is 6.01. The van der Waals surface area contributed by atoms with Crippen LogP contribution in [0.25, 0.3) is 0 Å². The molecule has 0 aromatic carbocycles. The molecule has 0 saturated carbocycles. The molecule has 108 valence electrons. The molecular weight excluding hydrogens is 266 g/mol. The summed E-state index contributed by atoms with van der Waals surface area (Å²) in [6.45, 7) is 7.40. The molecule has 1 aromatic heterocycles. The van der Waals surface area contributed by atoms with Crippen LogP contribution < -0.4 is 10.1 Å². The fourth-order valence-corrected chi connectivity index (χ4v) is 1.42. The van der Waals surface area contributed by atoms with Crippen LogP contribution in [-0.4, -0.2) is 35.8 Å². The number of nitrogens with zero attached hydrogens (tertiary/aromatic N) is 2. The lowest BCUT2D eigenvalue weighted by Gasteiger charge is -2.22. The summed E-state index contributed by atoms with van der Waals surface area (Å²) in [5.41, 5.74) is -0.219. The van der Waals surface area contributed by atoms with Gasteiger partial charge < -0.3 is 14.8 Å². The second-order valence-electron chi connectivity index (χ2n) is 4.84. The Morgan fingerprint density at radius 1 is 1.42 bits per heavy atom. The Morgan fingerprint density at radius 3 is 2.79 bits per heavy atom. The van der Waals surface area contributed by atoms with Gasteiger partial charge in [-0.2, -0.15) is 4.98 Å². The molecular formula is C13H22ClN3O2. The molecule has 0 atom stereocenters. The smallest absolute Gasteiger partial charge is 0.237 e. The molecule has 0 fully saturated rings. The summed E-state index contributed by atoms with van der Waals surface area (Å²) in [5.74, 6) is 0.939. The van der Waals surface area contributed by atoms with Crippen LogP contribution in [-0.2, 0) is 4.74 Å². The number of aromatic nitrogens is 2. The number of ether oxygens (including phenoxy) is 2. The average molecular weight is 288 g/mol. The fourth-order valence-electron chi connectivity index (χ4n) is 1.27. The molecule has 5 nitrogen and oxygen atoms in total. The van der Waals surface area contributed by atoms with E-state index in [4.69, 9.17) is 21.1 Å². The maximum Gasteiger partial charge on any atom is 0.237 e. The molecule has 0 amide bonds. The third-order valence-electron chi connectivity index (χ3n) is 2.74. The van der Waals surface area contributed by atoms with Crippen molar-refractivity contribution in [2.75, 3.05) is 25.6 Å². The molecule has 19 heavy (non-hydrogen) atoms. The number of hydrogen-bond acceptors (Lipinski definition) is 5. The van der Waals surface area contributed by atoms with Crippen molar-refractivity contribution >= 4 is 17.5 Å². The first kappa shape index (κ1) is 16.0. The van der Waals surface area contributed by atoms with E-state index in [-0.39, 0.29) is 5.60 Å². The minimum Gasteiger partial charge on any atom is -0.476 e. The molecule has 0 unspecified atom stereocenters. The van der Waals surface area contributed by atoms with Gasteiger partial charge in [-0.05, 0) is 20.3 Å². The normalized spacial score (nSPS) is 11.4. The quantitative estimate of drug-likeness (QED) is 0.796. The first-order valence-electron chi connectivity index (χ1n) is 6.43. The molecule has 1 aromatic rings. The van der Waals surface area contributed by atoms with Gasteiger partial charge in [-0.15, -0.1) is 0 Å². The van der Waals surface area contributed by atoms with Crippen LogP contribution in [0.2, 0.25) is 5.02 Å². The minimum absolute atomic E-state index is 0.219. The van der Waals surface area contributed by atoms with Gasteiger partial charge in [-0.1, -0.05) is 18.5 Å². The summed E-state index contributed by atoms with van der Waals surface area (Å²) < 4.78 is 10.9. The van der Waals surface area contributed by atoms with Crippen LogP contribution in [0, 0.1) is 0 Å². The van der Waals surface area contributed by atoms with E-state index in [0.29, 0.717) is 23.5 Å². The van der Waals surface area contributed by atoms with Gasteiger partial charge in [0, 0.05) is 20.1 Å². The van der Waals surface area contributed by atoms with Crippen molar-refractivity contribution in [1.82, 2.24) is 9.97 Å². The van der Waals surface area contributed by atoms with Crippen molar-refractivity contribution in [3.05, 3.63) is 11.2 Å². The van der Waals surface area contributed by atoms with E-state index < -0.39 is 0 Å². The zero-order valence-electron chi connectivity index (χ0n) is 12.0. The number of hydrogen-bond donors (Lipinski definition) is 1. The highest BCUT2D eigenvalue weighted by atomic mass is 35.5. The van der Waals surface area contributed by atoms with Gasteiger partial charge in [-0.3, -0.25) is 0 Å². The van der Waals surface area contributed by atoms with Crippen molar-refractivity contribution in [2.45, 2.75) is 39.2 Å². The van der Waals surface area contributed by atoms with Crippen LogP contribution in [0.15, 0.2) is 6.20 Å². The highest BCUT2D eigenvalue weighted by molar-refractivity contribution is 6.31. The van der Waals surface area contributed by atoms with Crippen LogP contribution in [0.5, 0.6) is 5.88 Å². The van der Waals surface area contributed by atoms with E-state index in [1.54, 1.807) is 13.3 Å². The Morgan fingerprint density at radius 2 is 2.16 bits per heavy atom. The molecule has 0 radical (unpaired) electrons. The van der Waals surface area contributed by atoms with E-state index in [2.05, 4.69) is 22.2 Å². The maximum absolute atomic E-state index is 6.01. The Balaban J connectivity index is 2.57. The van der Waals surface area contributed by atoms with Crippen molar-refractivity contribution in [2.24, 2.45) is 0 Å². The minimum atomic E-state index is -0.219. The molecule has 6 heteroatoms. The standard InChI is InChI=1S/C13H22ClN3O2/c1-5-7-15-12-16-9-10(14)11(17-12)19-8-6-13(2,3)18-4/h9H,5-8H2,1-4H3,(H,15,16,17). The highest BCUT2D eigenvalue weighted by Crippen LogP contribution is 2.23. The second-order valence-corrected chi connectivity index (χ2v) is 5.24. The number of nitrogens with one attached hydrogen (secondary N) is 1. The third kappa shape index (κ3) is 5.61. The summed E-state index contributed by atoms with van der Waals surface area (Å²) in [4.78, 5) is 8.33. The molecule has 0 aliphatic carbocycles. The largest absolute Gasteiger partial charge is 0.476 e. The first-order valence-corrected chi connectivity index (χ1v) is 6.80. The molecule has 0 bridgehead atoms. The number of anilines is 1. The predicted molar refractivity (Wildman–Crippen MR) is 77.0 cm³/mol. The van der Waals surface area contributed by atoms with Gasteiger partial charge in [-0.25, -0.2) is 4.98 Å². The van der Waals surface area contributed by atoms with Crippen LogP contribution in [0.3, 0.4) is 0 Å². The SMILES string of the molecule is CCCNc1ncc(Cl)c(OCCC(C)(C)OC)n1. The molecule has 0 spiro atoms. The van der Waals surface area contributed by atoms with Crippen molar-refractivity contribution < 1.29 is 9.47 Å². The lowest BCUT2D eigenvalue weighted by Crippen LogP contribution is -2.25. The van der Waals surface area contributed by atoms with Gasteiger partial charge in [0.25, 0.3) is 0 Å². The van der Waals surface area contributed by atoms with Gasteiger partial charge in [0.2, 0.25) is 11.8 Å². The van der Waals surface area contributed by atoms with Crippen molar-refractivity contribution in [1.29, 1.82) is 0 Å². The topological polar surface area (TPSA) is 56.3 Å². The zero-order chi connectivity index (χ0) is 14.3. The van der Waals surface area contributed by atoms with Crippen LogP contribution in [0.4, 0.5) is 5.95 Å². The molecule has 0 saturated heterocycles. The summed E-state index contributed by atoms with van der Waals surface area (Å²) in [5, 5.41) is 3.51. The average Bonchev–Trinajstić information content (AvgIpc) is 2.39. The van der Waals surface area contributed by atoms with Crippen LogP contribution >= 0.6 is 11.6 Å². The summed E-state index contributed by atoms with van der Waals surface area (Å²) in [6.07, 6.45) is 3.30. The van der Waals surface area contributed by atoms with Crippen molar-refractivity contribution in [3.8, 4) is 5.88 Å². The lowest BCUT2D eigenvalue weighted by atomic mass is 10.1. The van der Waals surface area contributed by atoms with E-state index in [9.17, 15) is 0 Å². The Hall–Kier alpha value is -1.07. The lowest BCUT2D eigenvalue weighted by molar-refractivity contribution is 0.00510.